The first-order valence-corrected chi connectivity index (χ1v) is 6.58. The molecular weight excluding hydrogens is 363 g/mol. The molecule has 0 aliphatic rings. The van der Waals surface area contributed by atoms with Crippen LogP contribution < -0.4 is 11.3 Å². The Bertz CT molecular complexity index is 895. The molecule has 2 rings (SSSR count). The van der Waals surface area contributed by atoms with E-state index in [1.54, 1.807) is 6.07 Å². The summed E-state index contributed by atoms with van der Waals surface area (Å²) in [7, 11) is 0. The maximum atomic E-state index is 13.4. The minimum Gasteiger partial charge on any atom is -0.384 e. The summed E-state index contributed by atoms with van der Waals surface area (Å²) in [6, 6.07) is 5.84. The molecule has 0 bridgehead atoms. The molecule has 1 aromatic heterocycles. The van der Waals surface area contributed by atoms with E-state index in [9.17, 15) is 14.4 Å². The van der Waals surface area contributed by atoms with Crippen molar-refractivity contribution < 1.29 is 4.39 Å². The van der Waals surface area contributed by atoms with Crippen molar-refractivity contribution in [2.45, 2.75) is 0 Å². The standard InChI is InChI=1S/C13H5BrClFN4O/c14-8-2-10(16)9(15)1-5(8)11-6(3-17)12(19)20-13(21)7(11)4-18/h1-2H,(H3,19,20,21). The van der Waals surface area contributed by atoms with E-state index in [1.807, 2.05) is 6.07 Å². The van der Waals surface area contributed by atoms with Crippen LogP contribution in [0.5, 0.6) is 0 Å². The summed E-state index contributed by atoms with van der Waals surface area (Å²) < 4.78 is 13.7. The number of halogens is 3. The molecule has 0 saturated heterocycles. The van der Waals surface area contributed by atoms with Crippen LogP contribution >= 0.6 is 27.5 Å². The molecular formula is C13H5BrClFN4O. The highest BCUT2D eigenvalue weighted by atomic mass is 79.9. The second kappa shape index (κ2) is 5.57. The topological polar surface area (TPSA) is 106 Å². The van der Waals surface area contributed by atoms with Crippen LogP contribution in [0, 0.1) is 28.5 Å². The van der Waals surface area contributed by atoms with E-state index in [0.29, 0.717) is 0 Å². The quantitative estimate of drug-likeness (QED) is 0.756. The van der Waals surface area contributed by atoms with Gasteiger partial charge in [-0.05, 0) is 12.1 Å². The molecule has 1 heterocycles. The number of hydrogen-bond acceptors (Lipinski definition) is 4. The van der Waals surface area contributed by atoms with Crippen molar-refractivity contribution in [2.24, 2.45) is 0 Å². The number of H-pyrrole nitrogens is 1. The number of nitrogens with two attached hydrogens (primary N) is 1. The molecule has 0 aliphatic carbocycles. The molecule has 0 aliphatic heterocycles. The number of nitrogen functional groups attached to an aromatic ring is 1. The molecule has 0 fully saturated rings. The molecule has 0 radical (unpaired) electrons. The van der Waals surface area contributed by atoms with Crippen LogP contribution in [0.25, 0.3) is 11.1 Å². The van der Waals surface area contributed by atoms with Crippen molar-refractivity contribution in [1.29, 1.82) is 10.5 Å². The third kappa shape index (κ3) is 2.49. The Kier molecular flexibility index (Phi) is 3.99. The van der Waals surface area contributed by atoms with E-state index < -0.39 is 11.4 Å². The highest BCUT2D eigenvalue weighted by molar-refractivity contribution is 9.10. The first kappa shape index (κ1) is 15.0. The minimum absolute atomic E-state index is 0.00928. The van der Waals surface area contributed by atoms with Gasteiger partial charge in [-0.2, -0.15) is 10.5 Å². The number of rotatable bonds is 1. The number of pyridine rings is 1. The first-order valence-electron chi connectivity index (χ1n) is 5.41. The van der Waals surface area contributed by atoms with E-state index in [0.717, 1.165) is 6.07 Å². The van der Waals surface area contributed by atoms with Crippen molar-refractivity contribution in [3.8, 4) is 23.3 Å². The lowest BCUT2D eigenvalue weighted by Gasteiger charge is -2.11. The fraction of sp³-hybridized carbons (Fsp3) is 0. The van der Waals surface area contributed by atoms with Gasteiger partial charge in [-0.15, -0.1) is 0 Å². The zero-order chi connectivity index (χ0) is 15.7. The second-order valence-corrected chi connectivity index (χ2v) is 5.22. The van der Waals surface area contributed by atoms with Crippen LogP contribution in [-0.4, -0.2) is 4.98 Å². The number of aromatic nitrogens is 1. The average Bonchev–Trinajstić information content (AvgIpc) is 2.42. The van der Waals surface area contributed by atoms with Gasteiger partial charge >= 0.3 is 0 Å². The van der Waals surface area contributed by atoms with Gasteiger partial charge in [0.05, 0.1) is 5.02 Å². The fourth-order valence-corrected chi connectivity index (χ4v) is 2.50. The highest BCUT2D eigenvalue weighted by Gasteiger charge is 2.21. The fourth-order valence-electron chi connectivity index (χ4n) is 1.83. The first-order chi connectivity index (χ1) is 9.90. The van der Waals surface area contributed by atoms with Crippen LogP contribution in [0.2, 0.25) is 5.02 Å². The van der Waals surface area contributed by atoms with E-state index >= 15 is 0 Å². The number of benzene rings is 1. The van der Waals surface area contributed by atoms with Gasteiger partial charge in [0.25, 0.3) is 5.56 Å². The normalized spacial score (nSPS) is 9.95. The lowest BCUT2D eigenvalue weighted by atomic mass is 9.96. The third-order valence-corrected chi connectivity index (χ3v) is 3.69. The number of hydrogen-bond donors (Lipinski definition) is 2. The number of nitrogens with one attached hydrogen (secondary N) is 1. The number of nitriles is 2. The Labute approximate surface area is 131 Å². The molecule has 3 N–H and O–H groups in total. The average molecular weight is 368 g/mol. The van der Waals surface area contributed by atoms with Gasteiger partial charge in [0.1, 0.15) is 34.9 Å². The van der Waals surface area contributed by atoms with Gasteiger partial charge in [0, 0.05) is 15.6 Å². The highest BCUT2D eigenvalue weighted by Crippen LogP contribution is 2.36. The molecule has 5 nitrogen and oxygen atoms in total. The van der Waals surface area contributed by atoms with E-state index in [4.69, 9.17) is 22.6 Å². The molecule has 0 amide bonds. The van der Waals surface area contributed by atoms with Crippen molar-refractivity contribution in [1.82, 2.24) is 4.98 Å². The molecule has 21 heavy (non-hydrogen) atoms. The molecule has 104 valence electrons. The summed E-state index contributed by atoms with van der Waals surface area (Å²) in [4.78, 5) is 14.0. The number of nitrogens with zero attached hydrogens (tertiary/aromatic N) is 2. The van der Waals surface area contributed by atoms with Crippen LogP contribution in [0.4, 0.5) is 10.2 Å². The van der Waals surface area contributed by atoms with Gasteiger partial charge in [0.15, 0.2) is 0 Å². The Morgan fingerprint density at radius 3 is 2.48 bits per heavy atom. The third-order valence-electron chi connectivity index (χ3n) is 2.75. The zero-order valence-corrected chi connectivity index (χ0v) is 12.5. The predicted octanol–water partition coefficient (Wildman–Crippen LogP) is 2.92. The lowest BCUT2D eigenvalue weighted by Crippen LogP contribution is -2.16. The molecule has 1 aromatic carbocycles. The zero-order valence-electron chi connectivity index (χ0n) is 10.2. The van der Waals surface area contributed by atoms with Crippen molar-refractivity contribution >= 4 is 33.3 Å². The van der Waals surface area contributed by atoms with Crippen molar-refractivity contribution in [3.05, 3.63) is 48.9 Å². The van der Waals surface area contributed by atoms with Gasteiger partial charge in [0.2, 0.25) is 0 Å². The summed E-state index contributed by atoms with van der Waals surface area (Å²) in [5.74, 6) is -0.856. The summed E-state index contributed by atoms with van der Waals surface area (Å²) in [6.07, 6.45) is 0. The lowest BCUT2D eigenvalue weighted by molar-refractivity contribution is 0.627. The van der Waals surface area contributed by atoms with E-state index in [-0.39, 0.29) is 37.6 Å². The summed E-state index contributed by atoms with van der Waals surface area (Å²) in [5, 5.41) is 18.1. The monoisotopic (exact) mass is 366 g/mol. The molecule has 0 atom stereocenters. The van der Waals surface area contributed by atoms with Crippen molar-refractivity contribution in [2.75, 3.05) is 5.73 Å². The predicted molar refractivity (Wildman–Crippen MR) is 79.0 cm³/mol. The van der Waals surface area contributed by atoms with E-state index in [2.05, 4.69) is 20.9 Å². The summed E-state index contributed by atoms with van der Waals surface area (Å²) in [5.41, 5.74) is 4.71. The minimum atomic E-state index is -0.739. The van der Waals surface area contributed by atoms with Crippen molar-refractivity contribution in [3.63, 3.8) is 0 Å². The smallest absolute Gasteiger partial charge is 0.268 e. The molecule has 0 saturated carbocycles. The molecule has 2 aromatic rings. The van der Waals surface area contributed by atoms with Gasteiger partial charge < -0.3 is 10.7 Å². The number of aromatic amines is 1. The van der Waals surface area contributed by atoms with Crippen LogP contribution in [0.3, 0.4) is 0 Å². The Morgan fingerprint density at radius 1 is 1.29 bits per heavy atom. The Balaban J connectivity index is 3.00. The van der Waals surface area contributed by atoms with Gasteiger partial charge in [-0.3, -0.25) is 4.79 Å². The maximum Gasteiger partial charge on any atom is 0.268 e. The largest absolute Gasteiger partial charge is 0.384 e. The van der Waals surface area contributed by atoms with Gasteiger partial charge in [-0.25, -0.2) is 4.39 Å². The molecule has 0 spiro atoms. The van der Waals surface area contributed by atoms with E-state index in [1.165, 1.54) is 6.07 Å². The number of anilines is 1. The van der Waals surface area contributed by atoms with Crippen LogP contribution in [-0.2, 0) is 0 Å². The van der Waals surface area contributed by atoms with Gasteiger partial charge in [-0.1, -0.05) is 27.5 Å². The molecule has 0 unspecified atom stereocenters. The van der Waals surface area contributed by atoms with Crippen LogP contribution in [0.1, 0.15) is 11.1 Å². The maximum absolute atomic E-state index is 13.4. The summed E-state index contributed by atoms with van der Waals surface area (Å²) in [6.45, 7) is 0. The Hall–Kier alpha value is -2.35. The second-order valence-electron chi connectivity index (χ2n) is 3.96. The SMILES string of the molecule is N#Cc1c(N)[nH]c(=O)c(C#N)c1-c1cc(Cl)c(F)cc1Br. The Morgan fingerprint density at radius 2 is 1.90 bits per heavy atom. The molecule has 8 heteroatoms. The summed E-state index contributed by atoms with van der Waals surface area (Å²) >= 11 is 8.85. The van der Waals surface area contributed by atoms with Crippen LogP contribution in [0.15, 0.2) is 21.4 Å².